The van der Waals surface area contributed by atoms with Gasteiger partial charge in [-0.1, -0.05) is 26.2 Å². The Kier molecular flexibility index (Phi) is 5.66. The molecule has 2 unspecified atom stereocenters. The van der Waals surface area contributed by atoms with Crippen LogP contribution in [0.5, 0.6) is 0 Å². The van der Waals surface area contributed by atoms with Gasteiger partial charge in [-0.05, 0) is 56.4 Å². The molecule has 0 aliphatic heterocycles. The Hall–Kier alpha value is -1.51. The van der Waals surface area contributed by atoms with Crippen LogP contribution in [0.3, 0.4) is 0 Å². The average molecular weight is 288 g/mol. The Morgan fingerprint density at radius 3 is 2.71 bits per heavy atom. The first kappa shape index (κ1) is 15.9. The molecule has 2 rings (SSSR count). The number of hydrogen-bond acceptors (Lipinski definition) is 2. The second-order valence-electron chi connectivity index (χ2n) is 6.26. The van der Waals surface area contributed by atoms with E-state index in [1.807, 2.05) is 25.1 Å². The summed E-state index contributed by atoms with van der Waals surface area (Å²) >= 11 is 0. The van der Waals surface area contributed by atoms with Gasteiger partial charge in [0.1, 0.15) is 0 Å². The summed E-state index contributed by atoms with van der Waals surface area (Å²) in [5.41, 5.74) is 3.00. The fourth-order valence-electron chi connectivity index (χ4n) is 3.15. The summed E-state index contributed by atoms with van der Waals surface area (Å²) in [6, 6.07) is 6.23. The fourth-order valence-corrected chi connectivity index (χ4v) is 3.15. The van der Waals surface area contributed by atoms with Crippen molar-refractivity contribution in [3.8, 4) is 0 Å². The van der Waals surface area contributed by atoms with E-state index in [1.165, 1.54) is 25.7 Å². The summed E-state index contributed by atoms with van der Waals surface area (Å²) in [6.07, 6.45) is 6.16. The van der Waals surface area contributed by atoms with E-state index in [-0.39, 0.29) is 5.91 Å². The van der Waals surface area contributed by atoms with Crippen molar-refractivity contribution in [2.45, 2.75) is 58.9 Å². The highest BCUT2D eigenvalue weighted by Crippen LogP contribution is 2.23. The molecule has 0 saturated heterocycles. The molecule has 1 amide bonds. The number of aryl methyl sites for hydroxylation is 1. The van der Waals surface area contributed by atoms with E-state index in [4.69, 9.17) is 0 Å². The van der Waals surface area contributed by atoms with E-state index in [0.717, 1.165) is 29.8 Å². The smallest absolute Gasteiger partial charge is 0.251 e. The summed E-state index contributed by atoms with van der Waals surface area (Å²) in [5.74, 6) is 0.651. The number of carbonyl (C=O) groups is 1. The molecule has 1 fully saturated rings. The summed E-state index contributed by atoms with van der Waals surface area (Å²) in [5, 5.41) is 6.55. The molecule has 0 bridgehead atoms. The molecule has 1 aliphatic rings. The average Bonchev–Trinajstić information content (AvgIpc) is 2.66. The zero-order valence-electron chi connectivity index (χ0n) is 13.5. The number of benzene rings is 1. The van der Waals surface area contributed by atoms with Crippen molar-refractivity contribution in [2.24, 2.45) is 5.92 Å². The van der Waals surface area contributed by atoms with Gasteiger partial charge in [0.05, 0.1) is 0 Å². The molecule has 3 nitrogen and oxygen atoms in total. The third kappa shape index (κ3) is 4.23. The normalized spacial score (nSPS) is 22.4. The molecule has 116 valence electrons. The minimum Gasteiger partial charge on any atom is -0.385 e. The Morgan fingerprint density at radius 2 is 2.00 bits per heavy atom. The molecule has 3 heteroatoms. The van der Waals surface area contributed by atoms with Crippen LogP contribution in [-0.4, -0.2) is 18.5 Å². The molecule has 2 N–H and O–H groups in total. The highest BCUT2D eigenvalue weighted by Gasteiger charge is 2.22. The SMILES string of the molecule is CCNc1ccc(C(=O)NC2CCCCCC2C)cc1C. The van der Waals surface area contributed by atoms with Crippen molar-refractivity contribution < 1.29 is 4.79 Å². The molecule has 1 aliphatic carbocycles. The Bertz CT molecular complexity index is 484. The first-order chi connectivity index (χ1) is 10.1. The molecule has 21 heavy (non-hydrogen) atoms. The van der Waals surface area contributed by atoms with Crippen LogP contribution in [0.25, 0.3) is 0 Å². The van der Waals surface area contributed by atoms with Crippen LogP contribution in [0.15, 0.2) is 18.2 Å². The Morgan fingerprint density at radius 1 is 1.24 bits per heavy atom. The first-order valence-electron chi connectivity index (χ1n) is 8.27. The van der Waals surface area contributed by atoms with Gasteiger partial charge in [-0.25, -0.2) is 0 Å². The van der Waals surface area contributed by atoms with Crippen LogP contribution in [0.1, 0.15) is 61.9 Å². The van der Waals surface area contributed by atoms with Gasteiger partial charge in [0.2, 0.25) is 0 Å². The lowest BCUT2D eigenvalue weighted by molar-refractivity contribution is 0.0921. The zero-order valence-corrected chi connectivity index (χ0v) is 13.5. The van der Waals surface area contributed by atoms with E-state index in [2.05, 4.69) is 24.5 Å². The second-order valence-corrected chi connectivity index (χ2v) is 6.26. The molecule has 1 aromatic rings. The molecule has 0 aromatic heterocycles. The van der Waals surface area contributed by atoms with Crippen LogP contribution >= 0.6 is 0 Å². The summed E-state index contributed by atoms with van der Waals surface area (Å²) < 4.78 is 0. The quantitative estimate of drug-likeness (QED) is 0.818. The molecule has 0 heterocycles. The van der Waals surface area contributed by atoms with E-state index in [0.29, 0.717) is 12.0 Å². The predicted octanol–water partition coefficient (Wildman–Crippen LogP) is 4.13. The van der Waals surface area contributed by atoms with Gasteiger partial charge in [0, 0.05) is 23.8 Å². The maximum atomic E-state index is 12.5. The van der Waals surface area contributed by atoms with Crippen LogP contribution in [0.2, 0.25) is 0 Å². The Labute approximate surface area is 128 Å². The van der Waals surface area contributed by atoms with Gasteiger partial charge in [-0.3, -0.25) is 4.79 Å². The summed E-state index contributed by atoms with van der Waals surface area (Å²) in [4.78, 5) is 12.5. The summed E-state index contributed by atoms with van der Waals surface area (Å²) in [6.45, 7) is 7.28. The number of hydrogen-bond donors (Lipinski definition) is 2. The van der Waals surface area contributed by atoms with E-state index in [1.54, 1.807) is 0 Å². The van der Waals surface area contributed by atoms with E-state index < -0.39 is 0 Å². The number of amides is 1. The van der Waals surface area contributed by atoms with Crippen molar-refractivity contribution in [1.29, 1.82) is 0 Å². The van der Waals surface area contributed by atoms with Crippen LogP contribution in [-0.2, 0) is 0 Å². The van der Waals surface area contributed by atoms with Crippen LogP contribution in [0.4, 0.5) is 5.69 Å². The Balaban J connectivity index is 2.04. The molecular formula is C18H28N2O. The highest BCUT2D eigenvalue weighted by molar-refractivity contribution is 5.95. The number of anilines is 1. The summed E-state index contributed by atoms with van der Waals surface area (Å²) in [7, 11) is 0. The lowest BCUT2D eigenvalue weighted by atomic mass is 9.96. The predicted molar refractivity (Wildman–Crippen MR) is 88.8 cm³/mol. The number of nitrogens with one attached hydrogen (secondary N) is 2. The molecule has 0 spiro atoms. The standard InChI is InChI=1S/C18H28N2O/c1-4-19-16-11-10-15(12-14(16)3)18(21)20-17-9-7-5-6-8-13(17)2/h10-13,17,19H,4-9H2,1-3H3,(H,20,21). The van der Waals surface area contributed by atoms with Crippen molar-refractivity contribution >= 4 is 11.6 Å². The zero-order chi connectivity index (χ0) is 15.2. The van der Waals surface area contributed by atoms with Crippen LogP contribution < -0.4 is 10.6 Å². The molecule has 2 atom stereocenters. The monoisotopic (exact) mass is 288 g/mol. The molecule has 1 aromatic carbocycles. The third-order valence-corrected chi connectivity index (χ3v) is 4.53. The van der Waals surface area contributed by atoms with Crippen LogP contribution in [0, 0.1) is 12.8 Å². The number of rotatable bonds is 4. The topological polar surface area (TPSA) is 41.1 Å². The maximum Gasteiger partial charge on any atom is 0.251 e. The third-order valence-electron chi connectivity index (χ3n) is 4.53. The van der Waals surface area contributed by atoms with Crippen molar-refractivity contribution in [3.63, 3.8) is 0 Å². The van der Waals surface area contributed by atoms with Gasteiger partial charge < -0.3 is 10.6 Å². The van der Waals surface area contributed by atoms with Gasteiger partial charge in [-0.2, -0.15) is 0 Å². The van der Waals surface area contributed by atoms with E-state index >= 15 is 0 Å². The molecule has 0 radical (unpaired) electrons. The van der Waals surface area contributed by atoms with Crippen molar-refractivity contribution in [1.82, 2.24) is 5.32 Å². The largest absolute Gasteiger partial charge is 0.385 e. The van der Waals surface area contributed by atoms with Crippen molar-refractivity contribution in [3.05, 3.63) is 29.3 Å². The van der Waals surface area contributed by atoms with Gasteiger partial charge in [0.15, 0.2) is 0 Å². The van der Waals surface area contributed by atoms with Gasteiger partial charge in [-0.15, -0.1) is 0 Å². The lowest BCUT2D eigenvalue weighted by Gasteiger charge is -2.23. The molecular weight excluding hydrogens is 260 g/mol. The first-order valence-corrected chi connectivity index (χ1v) is 8.27. The minimum absolute atomic E-state index is 0.0694. The second kappa shape index (κ2) is 7.48. The number of carbonyl (C=O) groups excluding carboxylic acids is 1. The van der Waals surface area contributed by atoms with Gasteiger partial charge in [0.25, 0.3) is 5.91 Å². The van der Waals surface area contributed by atoms with Gasteiger partial charge >= 0.3 is 0 Å². The molecule has 1 saturated carbocycles. The highest BCUT2D eigenvalue weighted by atomic mass is 16.1. The fraction of sp³-hybridized carbons (Fsp3) is 0.611. The lowest BCUT2D eigenvalue weighted by Crippen LogP contribution is -2.38. The van der Waals surface area contributed by atoms with E-state index in [9.17, 15) is 4.79 Å². The minimum atomic E-state index is 0.0694. The maximum absolute atomic E-state index is 12.5. The van der Waals surface area contributed by atoms with Crippen molar-refractivity contribution in [2.75, 3.05) is 11.9 Å².